The van der Waals surface area contributed by atoms with E-state index < -0.39 is 11.8 Å². The smallest absolute Gasteiger partial charge is 0.273 e. The van der Waals surface area contributed by atoms with Crippen LogP contribution in [0.25, 0.3) is 0 Å². The highest BCUT2D eigenvalue weighted by Gasteiger charge is 2.20. The Morgan fingerprint density at radius 1 is 1.35 bits per heavy atom. The van der Waals surface area contributed by atoms with Crippen molar-refractivity contribution in [2.45, 2.75) is 66.0 Å². The molecule has 128 valence electrons. The van der Waals surface area contributed by atoms with Gasteiger partial charge < -0.3 is 9.84 Å². The molecule has 1 rings (SSSR count). The third-order valence-corrected chi connectivity index (χ3v) is 4.24. The van der Waals surface area contributed by atoms with Gasteiger partial charge in [-0.1, -0.05) is 40.0 Å². The van der Waals surface area contributed by atoms with Gasteiger partial charge in [-0.05, 0) is 31.2 Å². The maximum atomic E-state index is 12.4. The van der Waals surface area contributed by atoms with E-state index in [2.05, 4.69) is 13.8 Å². The molecule has 0 spiro atoms. The molecule has 1 N–H and O–H groups in total. The number of ether oxygens (including phenoxy) is 1. The van der Waals surface area contributed by atoms with Crippen LogP contribution in [-0.4, -0.2) is 16.3 Å². The molecule has 1 aromatic rings. The zero-order valence-corrected chi connectivity index (χ0v) is 14.6. The number of hydrogen-bond donors (Lipinski definition) is 1. The molecule has 2 unspecified atom stereocenters. The maximum Gasteiger partial charge on any atom is 0.273 e. The monoisotopic (exact) mass is 320 g/mol. The number of pyridine rings is 1. The summed E-state index contributed by atoms with van der Waals surface area (Å²) in [4.78, 5) is 12.4. The first-order valence-electron chi connectivity index (χ1n) is 8.46. The molecule has 1 heterocycles. The minimum absolute atomic E-state index is 0.0582. The van der Waals surface area contributed by atoms with Gasteiger partial charge in [0, 0.05) is 6.07 Å². The molecule has 0 aliphatic heterocycles. The predicted molar refractivity (Wildman–Crippen MR) is 90.4 cm³/mol. The van der Waals surface area contributed by atoms with Crippen LogP contribution in [0.5, 0.6) is 5.88 Å². The van der Waals surface area contributed by atoms with Gasteiger partial charge in [-0.2, -0.15) is 5.26 Å². The number of hydrogen-bond acceptors (Lipinski definition) is 4. The molecule has 0 saturated carbocycles. The Bertz CT molecular complexity index is 602. The fourth-order valence-corrected chi connectivity index (χ4v) is 2.66. The van der Waals surface area contributed by atoms with E-state index in [0.29, 0.717) is 24.5 Å². The molecule has 0 aromatic carbocycles. The van der Waals surface area contributed by atoms with Crippen molar-refractivity contribution in [3.8, 4) is 11.9 Å². The predicted octanol–water partition coefficient (Wildman–Crippen LogP) is 3.88. The molecule has 0 amide bonds. The summed E-state index contributed by atoms with van der Waals surface area (Å²) < 4.78 is 7.11. The molecule has 0 radical (unpaired) electrons. The normalized spacial score (nSPS) is 13.5. The molecule has 0 aliphatic carbocycles. The molecular formula is C18H28N2O3. The number of nitrogens with zero attached hydrogens (tertiary/aromatic N) is 2. The Morgan fingerprint density at radius 3 is 2.57 bits per heavy atom. The summed E-state index contributed by atoms with van der Waals surface area (Å²) in [5.74, 6) is 0.294. The van der Waals surface area contributed by atoms with E-state index in [1.54, 1.807) is 6.92 Å². The van der Waals surface area contributed by atoms with E-state index in [-0.39, 0.29) is 11.4 Å². The maximum absolute atomic E-state index is 12.4. The molecule has 0 fully saturated rings. The largest absolute Gasteiger partial charge is 0.494 e. The summed E-state index contributed by atoms with van der Waals surface area (Å²) in [6.07, 6.45) is 4.43. The van der Waals surface area contributed by atoms with Crippen molar-refractivity contribution in [1.82, 2.24) is 4.57 Å². The van der Waals surface area contributed by atoms with Crippen molar-refractivity contribution in [3.05, 3.63) is 27.5 Å². The summed E-state index contributed by atoms with van der Waals surface area (Å²) in [5, 5.41) is 19.3. The van der Waals surface area contributed by atoms with Crippen LogP contribution >= 0.6 is 0 Å². The zero-order chi connectivity index (χ0) is 17.4. The van der Waals surface area contributed by atoms with E-state index in [0.717, 1.165) is 25.7 Å². The van der Waals surface area contributed by atoms with E-state index in [1.807, 2.05) is 13.0 Å². The number of aromatic nitrogens is 1. The Hall–Kier alpha value is -1.80. The van der Waals surface area contributed by atoms with Gasteiger partial charge in [-0.25, -0.2) is 0 Å². The van der Waals surface area contributed by atoms with Gasteiger partial charge in [0.15, 0.2) is 5.88 Å². The molecular weight excluding hydrogens is 292 g/mol. The lowest BCUT2D eigenvalue weighted by Crippen LogP contribution is -2.29. The highest BCUT2D eigenvalue weighted by molar-refractivity contribution is 5.37. The fourth-order valence-electron chi connectivity index (χ4n) is 2.66. The van der Waals surface area contributed by atoms with Crippen LogP contribution < -0.4 is 5.56 Å². The molecule has 5 nitrogen and oxygen atoms in total. The van der Waals surface area contributed by atoms with Crippen molar-refractivity contribution in [3.63, 3.8) is 0 Å². The van der Waals surface area contributed by atoms with Gasteiger partial charge in [-0.3, -0.25) is 9.36 Å². The van der Waals surface area contributed by atoms with Gasteiger partial charge in [0.2, 0.25) is 0 Å². The second kappa shape index (κ2) is 9.36. The number of unbranched alkanes of at least 4 members (excludes halogenated alkanes) is 1. The quantitative estimate of drug-likeness (QED) is 0.749. The van der Waals surface area contributed by atoms with Crippen LogP contribution in [-0.2, 0) is 4.74 Å². The SMILES string of the molecule is CCCCC(CC)COC(CC)n1c(O)cc(C)c(C#N)c1=O. The second-order valence-electron chi connectivity index (χ2n) is 5.96. The van der Waals surface area contributed by atoms with E-state index in [9.17, 15) is 9.90 Å². The van der Waals surface area contributed by atoms with Crippen molar-refractivity contribution >= 4 is 0 Å². The second-order valence-corrected chi connectivity index (χ2v) is 5.96. The van der Waals surface area contributed by atoms with E-state index in [4.69, 9.17) is 10.00 Å². The average Bonchev–Trinajstić information content (AvgIpc) is 2.53. The van der Waals surface area contributed by atoms with Crippen LogP contribution in [0, 0.1) is 24.2 Å². The molecule has 0 aliphatic rings. The lowest BCUT2D eigenvalue weighted by molar-refractivity contribution is -0.0271. The van der Waals surface area contributed by atoms with Gasteiger partial charge in [0.05, 0.1) is 6.61 Å². The Balaban J connectivity index is 2.99. The third-order valence-electron chi connectivity index (χ3n) is 4.24. The highest BCUT2D eigenvalue weighted by Crippen LogP contribution is 2.23. The van der Waals surface area contributed by atoms with Crippen molar-refractivity contribution in [2.24, 2.45) is 5.92 Å². The topological polar surface area (TPSA) is 75.2 Å². The van der Waals surface area contributed by atoms with Gasteiger partial charge >= 0.3 is 0 Å². The summed E-state index contributed by atoms with van der Waals surface area (Å²) in [7, 11) is 0. The highest BCUT2D eigenvalue weighted by atomic mass is 16.5. The van der Waals surface area contributed by atoms with E-state index >= 15 is 0 Å². The lowest BCUT2D eigenvalue weighted by atomic mass is 10.0. The molecule has 5 heteroatoms. The van der Waals surface area contributed by atoms with Crippen molar-refractivity contribution in [1.29, 1.82) is 5.26 Å². The number of aryl methyl sites for hydroxylation is 1. The first-order chi connectivity index (χ1) is 11.0. The standard InChI is InChI=1S/C18H28N2O3/c1-5-8-9-14(6-2)12-23-17(7-3)20-16(21)10-13(4)15(11-19)18(20)22/h10,14,17,21H,5-9,12H2,1-4H3. The van der Waals surface area contributed by atoms with Crippen LogP contribution in [0.3, 0.4) is 0 Å². The van der Waals surface area contributed by atoms with Crippen LogP contribution in [0.1, 0.15) is 70.2 Å². The van der Waals surface area contributed by atoms with Crippen LogP contribution in [0.4, 0.5) is 0 Å². The van der Waals surface area contributed by atoms with Crippen LogP contribution in [0.2, 0.25) is 0 Å². The molecule has 0 bridgehead atoms. The molecule has 0 saturated heterocycles. The number of aromatic hydroxyl groups is 1. The van der Waals surface area contributed by atoms with E-state index in [1.165, 1.54) is 10.6 Å². The molecule has 23 heavy (non-hydrogen) atoms. The molecule has 1 aromatic heterocycles. The Morgan fingerprint density at radius 2 is 2.04 bits per heavy atom. The Labute approximate surface area is 138 Å². The summed E-state index contributed by atoms with van der Waals surface area (Å²) in [6, 6.07) is 3.36. The van der Waals surface area contributed by atoms with Crippen LogP contribution in [0.15, 0.2) is 10.9 Å². The lowest BCUT2D eigenvalue weighted by Gasteiger charge is -2.23. The zero-order valence-electron chi connectivity index (χ0n) is 14.6. The van der Waals surface area contributed by atoms with Crippen molar-refractivity contribution in [2.75, 3.05) is 6.61 Å². The van der Waals surface area contributed by atoms with Gasteiger partial charge in [-0.15, -0.1) is 0 Å². The minimum Gasteiger partial charge on any atom is -0.494 e. The van der Waals surface area contributed by atoms with Gasteiger partial charge in [0.25, 0.3) is 5.56 Å². The first kappa shape index (κ1) is 19.2. The minimum atomic E-state index is -0.550. The summed E-state index contributed by atoms with van der Waals surface area (Å²) in [5.41, 5.74) is 0.0526. The number of rotatable bonds is 9. The van der Waals surface area contributed by atoms with Crippen molar-refractivity contribution < 1.29 is 9.84 Å². The summed E-state index contributed by atoms with van der Waals surface area (Å²) >= 11 is 0. The average molecular weight is 320 g/mol. The first-order valence-corrected chi connectivity index (χ1v) is 8.46. The Kier molecular flexibility index (Phi) is 7.84. The summed E-state index contributed by atoms with van der Waals surface area (Å²) in [6.45, 7) is 8.39. The van der Waals surface area contributed by atoms with Gasteiger partial charge in [0.1, 0.15) is 17.9 Å². The molecule has 2 atom stereocenters. The third kappa shape index (κ3) is 4.84. The number of nitriles is 1. The fraction of sp³-hybridized carbons (Fsp3) is 0.667.